The Morgan fingerprint density at radius 1 is 1.11 bits per heavy atom. The summed E-state index contributed by atoms with van der Waals surface area (Å²) in [6.07, 6.45) is 3.47. The third kappa shape index (κ3) is 3.29. The van der Waals surface area contributed by atoms with Crippen LogP contribution in [0.25, 0.3) is 0 Å². The average Bonchev–Trinajstić information content (AvgIpc) is 2.42. The van der Waals surface area contributed by atoms with Gasteiger partial charge in [0.1, 0.15) is 11.6 Å². The summed E-state index contributed by atoms with van der Waals surface area (Å²) in [4.78, 5) is 3.97. The zero-order valence-electron chi connectivity index (χ0n) is 11.0. The first-order chi connectivity index (χ1) is 9.08. The average molecular weight is 260 g/mol. The Morgan fingerprint density at radius 3 is 2.47 bits per heavy atom. The van der Waals surface area contributed by atoms with Crippen molar-refractivity contribution < 1.29 is 9.50 Å². The summed E-state index contributed by atoms with van der Waals surface area (Å²) in [5.41, 5.74) is 1.65. The first kappa shape index (κ1) is 13.5. The molecule has 0 saturated heterocycles. The normalized spacial score (nSPS) is 14.1. The molecule has 19 heavy (non-hydrogen) atoms. The van der Waals surface area contributed by atoms with E-state index in [1.165, 1.54) is 18.2 Å². The lowest BCUT2D eigenvalue weighted by Gasteiger charge is -2.21. The molecule has 0 amide bonds. The van der Waals surface area contributed by atoms with E-state index in [1.54, 1.807) is 12.4 Å². The number of hydrogen-bond donors (Lipinski definition) is 2. The Balaban J connectivity index is 2.13. The SMILES string of the molecule is CC(N[C@@H](C)c1ccncc1)c1cc(F)ccc1O. The lowest BCUT2D eigenvalue weighted by molar-refractivity contribution is 0.435. The van der Waals surface area contributed by atoms with E-state index in [2.05, 4.69) is 10.3 Å². The maximum absolute atomic E-state index is 13.2. The highest BCUT2D eigenvalue weighted by Crippen LogP contribution is 2.26. The number of phenols is 1. The van der Waals surface area contributed by atoms with Crippen molar-refractivity contribution in [3.63, 3.8) is 0 Å². The van der Waals surface area contributed by atoms with Crippen molar-refractivity contribution in [1.29, 1.82) is 0 Å². The molecular weight excluding hydrogens is 243 g/mol. The van der Waals surface area contributed by atoms with Gasteiger partial charge in [0, 0.05) is 30.0 Å². The van der Waals surface area contributed by atoms with Gasteiger partial charge in [-0.25, -0.2) is 4.39 Å². The third-order valence-electron chi connectivity index (χ3n) is 3.16. The first-order valence-corrected chi connectivity index (χ1v) is 6.22. The molecule has 0 spiro atoms. The number of hydrogen-bond acceptors (Lipinski definition) is 3. The van der Waals surface area contributed by atoms with Crippen LogP contribution in [-0.4, -0.2) is 10.1 Å². The number of aromatic nitrogens is 1. The van der Waals surface area contributed by atoms with Gasteiger partial charge >= 0.3 is 0 Å². The maximum Gasteiger partial charge on any atom is 0.123 e. The summed E-state index contributed by atoms with van der Waals surface area (Å²) < 4.78 is 13.2. The molecule has 0 radical (unpaired) electrons. The summed E-state index contributed by atoms with van der Waals surface area (Å²) >= 11 is 0. The standard InChI is InChI=1S/C15H17FN2O/c1-10(12-5-7-17-8-6-12)18-11(2)14-9-13(16)3-4-15(14)19/h3-11,18-19H,1-2H3/t10-,11?/m0/s1. The zero-order chi connectivity index (χ0) is 13.8. The predicted molar refractivity (Wildman–Crippen MR) is 72.3 cm³/mol. The second-order valence-corrected chi connectivity index (χ2v) is 4.59. The van der Waals surface area contributed by atoms with Crippen molar-refractivity contribution in [2.75, 3.05) is 0 Å². The van der Waals surface area contributed by atoms with Crippen LogP contribution in [0.5, 0.6) is 5.75 Å². The summed E-state index contributed by atoms with van der Waals surface area (Å²) in [5, 5.41) is 13.1. The van der Waals surface area contributed by atoms with Crippen LogP contribution in [0.3, 0.4) is 0 Å². The fraction of sp³-hybridized carbons (Fsp3) is 0.267. The van der Waals surface area contributed by atoms with Gasteiger partial charge in [0.25, 0.3) is 0 Å². The molecule has 0 aliphatic carbocycles. The Kier molecular flexibility index (Phi) is 4.12. The van der Waals surface area contributed by atoms with Gasteiger partial charge in [0.05, 0.1) is 0 Å². The molecular formula is C15H17FN2O. The van der Waals surface area contributed by atoms with Crippen molar-refractivity contribution in [1.82, 2.24) is 10.3 Å². The molecule has 3 nitrogen and oxygen atoms in total. The molecule has 2 atom stereocenters. The number of pyridine rings is 1. The fourth-order valence-electron chi connectivity index (χ4n) is 2.09. The van der Waals surface area contributed by atoms with Crippen molar-refractivity contribution in [2.45, 2.75) is 25.9 Å². The van der Waals surface area contributed by atoms with E-state index in [1.807, 2.05) is 26.0 Å². The minimum Gasteiger partial charge on any atom is -0.508 e. The molecule has 0 fully saturated rings. The van der Waals surface area contributed by atoms with E-state index in [0.29, 0.717) is 5.56 Å². The number of aromatic hydroxyl groups is 1. The highest BCUT2D eigenvalue weighted by molar-refractivity contribution is 5.35. The van der Waals surface area contributed by atoms with Crippen LogP contribution in [0.15, 0.2) is 42.7 Å². The monoisotopic (exact) mass is 260 g/mol. The van der Waals surface area contributed by atoms with E-state index in [0.717, 1.165) is 5.56 Å². The van der Waals surface area contributed by atoms with Crippen LogP contribution in [0, 0.1) is 5.82 Å². The summed E-state index contributed by atoms with van der Waals surface area (Å²) in [5.74, 6) is -0.249. The van der Waals surface area contributed by atoms with Gasteiger partial charge in [0.2, 0.25) is 0 Å². The molecule has 100 valence electrons. The molecule has 2 aromatic rings. The van der Waals surface area contributed by atoms with Crippen LogP contribution < -0.4 is 5.32 Å². The third-order valence-corrected chi connectivity index (χ3v) is 3.16. The van der Waals surface area contributed by atoms with Gasteiger partial charge in [0.15, 0.2) is 0 Å². The first-order valence-electron chi connectivity index (χ1n) is 6.22. The summed E-state index contributed by atoms with van der Waals surface area (Å²) in [7, 11) is 0. The van der Waals surface area contributed by atoms with Crippen molar-refractivity contribution >= 4 is 0 Å². The zero-order valence-corrected chi connectivity index (χ0v) is 11.0. The highest BCUT2D eigenvalue weighted by Gasteiger charge is 2.14. The molecule has 1 aromatic carbocycles. The largest absolute Gasteiger partial charge is 0.508 e. The van der Waals surface area contributed by atoms with Crippen molar-refractivity contribution in [3.8, 4) is 5.75 Å². The maximum atomic E-state index is 13.2. The van der Waals surface area contributed by atoms with Crippen LogP contribution in [0.1, 0.15) is 37.1 Å². The van der Waals surface area contributed by atoms with E-state index in [-0.39, 0.29) is 23.7 Å². The second-order valence-electron chi connectivity index (χ2n) is 4.59. The Labute approximate surface area is 112 Å². The van der Waals surface area contributed by atoms with Crippen LogP contribution >= 0.6 is 0 Å². The number of halogens is 1. The molecule has 0 aliphatic heterocycles. The number of rotatable bonds is 4. The lowest BCUT2D eigenvalue weighted by atomic mass is 10.0. The van der Waals surface area contributed by atoms with Gasteiger partial charge in [-0.15, -0.1) is 0 Å². The number of benzene rings is 1. The molecule has 0 bridgehead atoms. The Hall–Kier alpha value is -1.94. The quantitative estimate of drug-likeness (QED) is 0.886. The minimum absolute atomic E-state index is 0.0840. The van der Waals surface area contributed by atoms with Gasteiger partial charge in [-0.2, -0.15) is 0 Å². The molecule has 0 aliphatic rings. The van der Waals surface area contributed by atoms with Gasteiger partial charge in [-0.1, -0.05) is 0 Å². The molecule has 1 aromatic heterocycles. The molecule has 2 rings (SSSR count). The van der Waals surface area contributed by atoms with Gasteiger partial charge in [-0.3, -0.25) is 4.98 Å². The molecule has 1 heterocycles. The summed E-state index contributed by atoms with van der Waals surface area (Å²) in [6.45, 7) is 3.91. The van der Waals surface area contributed by atoms with Gasteiger partial charge < -0.3 is 10.4 Å². The fourth-order valence-corrected chi connectivity index (χ4v) is 2.09. The van der Waals surface area contributed by atoms with Crippen LogP contribution in [-0.2, 0) is 0 Å². The molecule has 2 N–H and O–H groups in total. The smallest absolute Gasteiger partial charge is 0.123 e. The summed E-state index contributed by atoms with van der Waals surface area (Å²) in [6, 6.07) is 7.76. The van der Waals surface area contributed by atoms with Crippen molar-refractivity contribution in [3.05, 3.63) is 59.7 Å². The Bertz CT molecular complexity index is 545. The number of phenolic OH excluding ortho intramolecular Hbond substituents is 1. The van der Waals surface area contributed by atoms with Crippen molar-refractivity contribution in [2.24, 2.45) is 0 Å². The topological polar surface area (TPSA) is 45.2 Å². The lowest BCUT2D eigenvalue weighted by Crippen LogP contribution is -2.22. The minimum atomic E-state index is -0.349. The van der Waals surface area contributed by atoms with E-state index >= 15 is 0 Å². The predicted octanol–water partition coefficient (Wildman–Crippen LogP) is 3.34. The van der Waals surface area contributed by atoms with Crippen LogP contribution in [0.4, 0.5) is 4.39 Å². The second kappa shape index (κ2) is 5.80. The Morgan fingerprint density at radius 2 is 1.79 bits per heavy atom. The molecule has 0 saturated carbocycles. The molecule has 4 heteroatoms. The van der Waals surface area contributed by atoms with E-state index in [4.69, 9.17) is 0 Å². The number of nitrogens with zero attached hydrogens (tertiary/aromatic N) is 1. The molecule has 1 unspecified atom stereocenters. The van der Waals surface area contributed by atoms with Gasteiger partial charge in [-0.05, 0) is 49.7 Å². The van der Waals surface area contributed by atoms with Crippen LogP contribution in [0.2, 0.25) is 0 Å². The van der Waals surface area contributed by atoms with E-state index < -0.39 is 0 Å². The highest BCUT2D eigenvalue weighted by atomic mass is 19.1. The number of nitrogens with one attached hydrogen (secondary N) is 1. The van der Waals surface area contributed by atoms with E-state index in [9.17, 15) is 9.50 Å².